The summed E-state index contributed by atoms with van der Waals surface area (Å²) in [4.78, 5) is 0. The van der Waals surface area contributed by atoms with Crippen LogP contribution in [0.5, 0.6) is 0 Å². The summed E-state index contributed by atoms with van der Waals surface area (Å²) in [6.07, 6.45) is -25.3. The number of nitrogen functional groups attached to an aromatic ring is 2. The number of halogens is 12. The Morgan fingerprint density at radius 1 is 0.417 bits per heavy atom. The molecule has 0 bridgehead atoms. The number of hydrogen-bond acceptors (Lipinski definition) is 4. The van der Waals surface area contributed by atoms with Gasteiger partial charge in [-0.1, -0.05) is 0 Å². The van der Waals surface area contributed by atoms with Crippen molar-refractivity contribution >= 4 is 32.9 Å². The van der Waals surface area contributed by atoms with Gasteiger partial charge in [-0.2, -0.15) is 52.7 Å². The summed E-state index contributed by atoms with van der Waals surface area (Å²) in [6, 6.07) is 3.11. The Bertz CT molecular complexity index is 1210. The van der Waals surface area contributed by atoms with Gasteiger partial charge in [-0.15, -0.1) is 0 Å². The fourth-order valence-corrected chi connectivity index (χ4v) is 3.70. The Morgan fingerprint density at radius 3 is 0.861 bits per heavy atom. The van der Waals surface area contributed by atoms with Gasteiger partial charge in [0.05, 0.1) is 0 Å². The Labute approximate surface area is 191 Å². The van der Waals surface area contributed by atoms with Crippen molar-refractivity contribution < 1.29 is 62.9 Å². The summed E-state index contributed by atoms with van der Waals surface area (Å²) < 4.78 is 159. The van der Waals surface area contributed by atoms with E-state index < -0.39 is 69.2 Å². The number of rotatable bonds is 2. The summed E-state index contributed by atoms with van der Waals surface area (Å²) in [5, 5.41) is 17.8. The van der Waals surface area contributed by atoms with Gasteiger partial charge >= 0.3 is 24.7 Å². The molecule has 0 aromatic heterocycles. The van der Waals surface area contributed by atoms with E-state index in [1.165, 1.54) is 0 Å². The fourth-order valence-electron chi connectivity index (χ4n) is 3.70. The van der Waals surface area contributed by atoms with Crippen LogP contribution in [0.2, 0.25) is 0 Å². The summed E-state index contributed by atoms with van der Waals surface area (Å²) >= 11 is 0. The van der Waals surface area contributed by atoms with Crippen molar-refractivity contribution in [3.05, 3.63) is 47.5 Å². The smallest absolute Gasteiger partial charge is 0.398 e. The standard InChI is InChI=1S/C20H12F12N2O2/c21-17(22,23)15(35,18(24,25)26)11-3-7-1-8-4-12(16(36,19(27,28)29)20(30,31)32)14(34)6-10(8)2-9(7)5-13(11)33/h1-6,35-36H,33-34H2. The molecular formula is C20H12F12N2O2. The van der Waals surface area contributed by atoms with E-state index in [1.807, 2.05) is 0 Å². The molecule has 0 unspecified atom stereocenters. The van der Waals surface area contributed by atoms with E-state index in [9.17, 15) is 62.9 Å². The third-order valence-corrected chi connectivity index (χ3v) is 5.55. The molecule has 0 aliphatic rings. The van der Waals surface area contributed by atoms with Crippen LogP contribution in [0.15, 0.2) is 36.4 Å². The highest BCUT2D eigenvalue weighted by atomic mass is 19.4. The summed E-state index contributed by atoms with van der Waals surface area (Å²) in [6.45, 7) is 0. The van der Waals surface area contributed by atoms with E-state index in [0.717, 1.165) is 6.07 Å². The van der Waals surface area contributed by atoms with E-state index >= 15 is 0 Å². The zero-order chi connectivity index (χ0) is 27.9. The number of hydrogen-bond donors (Lipinski definition) is 4. The largest absolute Gasteiger partial charge is 0.430 e. The minimum Gasteiger partial charge on any atom is -0.398 e. The molecule has 0 heterocycles. The van der Waals surface area contributed by atoms with Gasteiger partial charge < -0.3 is 21.7 Å². The molecule has 3 aromatic rings. The lowest BCUT2D eigenvalue weighted by Gasteiger charge is -2.34. The maximum absolute atomic E-state index is 13.3. The number of anilines is 2. The molecule has 0 fully saturated rings. The van der Waals surface area contributed by atoms with Gasteiger partial charge in [0.25, 0.3) is 11.2 Å². The molecule has 36 heavy (non-hydrogen) atoms. The third-order valence-electron chi connectivity index (χ3n) is 5.55. The Hall–Kier alpha value is -3.14. The molecule has 0 amide bonds. The summed E-state index contributed by atoms with van der Waals surface area (Å²) in [5.41, 5.74) is -6.26. The molecule has 0 aliphatic heterocycles. The average Bonchev–Trinajstić information content (AvgIpc) is 2.67. The van der Waals surface area contributed by atoms with E-state index in [0.29, 0.717) is 18.2 Å². The number of aliphatic hydroxyl groups is 2. The maximum atomic E-state index is 13.3. The first-order valence-electron chi connectivity index (χ1n) is 9.26. The SMILES string of the molecule is Nc1cc2cc3cc(N)c(C(O)(C(F)(F)F)C(F)(F)F)cc3cc2cc1C(O)(C(F)(F)F)C(F)(F)F. The van der Waals surface area contributed by atoms with Crippen molar-refractivity contribution in [2.75, 3.05) is 11.5 Å². The Kier molecular flexibility index (Phi) is 5.85. The topological polar surface area (TPSA) is 92.5 Å². The van der Waals surface area contributed by atoms with Crippen LogP contribution < -0.4 is 11.5 Å². The van der Waals surface area contributed by atoms with Crippen LogP contribution in [-0.4, -0.2) is 34.9 Å². The van der Waals surface area contributed by atoms with Crippen molar-refractivity contribution in [3.8, 4) is 0 Å². The van der Waals surface area contributed by atoms with E-state index in [1.54, 1.807) is 0 Å². The predicted octanol–water partition coefficient (Wildman–Crippen LogP) is 5.78. The lowest BCUT2D eigenvalue weighted by molar-refractivity contribution is -0.376. The molecule has 0 saturated heterocycles. The molecule has 0 atom stereocenters. The number of benzene rings is 3. The molecule has 0 saturated carbocycles. The fraction of sp³-hybridized carbons (Fsp3) is 0.300. The van der Waals surface area contributed by atoms with Gasteiger partial charge in [0.2, 0.25) is 0 Å². The van der Waals surface area contributed by atoms with Crippen molar-refractivity contribution in [1.82, 2.24) is 0 Å². The van der Waals surface area contributed by atoms with Crippen LogP contribution in [0, 0.1) is 0 Å². The minimum atomic E-state index is -6.32. The first-order valence-corrected chi connectivity index (χ1v) is 9.26. The van der Waals surface area contributed by atoms with Gasteiger partial charge in [-0.05, 0) is 57.9 Å². The second-order valence-corrected chi connectivity index (χ2v) is 7.84. The van der Waals surface area contributed by atoms with Gasteiger partial charge in [0.15, 0.2) is 0 Å². The minimum absolute atomic E-state index is 0.154. The van der Waals surface area contributed by atoms with Crippen LogP contribution in [0.3, 0.4) is 0 Å². The zero-order valence-electron chi connectivity index (χ0n) is 17.0. The predicted molar refractivity (Wildman–Crippen MR) is 102 cm³/mol. The quantitative estimate of drug-likeness (QED) is 0.188. The molecule has 6 N–H and O–H groups in total. The van der Waals surface area contributed by atoms with Crippen molar-refractivity contribution in [2.45, 2.75) is 35.9 Å². The van der Waals surface area contributed by atoms with Crippen LogP contribution in [-0.2, 0) is 11.2 Å². The van der Waals surface area contributed by atoms with Crippen molar-refractivity contribution in [1.29, 1.82) is 0 Å². The molecule has 198 valence electrons. The van der Waals surface area contributed by atoms with Crippen molar-refractivity contribution in [3.63, 3.8) is 0 Å². The molecule has 4 nitrogen and oxygen atoms in total. The van der Waals surface area contributed by atoms with Crippen LogP contribution >= 0.6 is 0 Å². The highest BCUT2D eigenvalue weighted by Gasteiger charge is 2.73. The van der Waals surface area contributed by atoms with Crippen LogP contribution in [0.25, 0.3) is 21.5 Å². The second-order valence-electron chi connectivity index (χ2n) is 7.84. The number of nitrogens with two attached hydrogens (primary N) is 2. The lowest BCUT2D eigenvalue weighted by atomic mass is 9.86. The molecule has 3 rings (SSSR count). The summed E-state index contributed by atoms with van der Waals surface area (Å²) in [7, 11) is 0. The maximum Gasteiger partial charge on any atom is 0.430 e. The van der Waals surface area contributed by atoms with Gasteiger partial charge in [0.1, 0.15) is 0 Å². The normalized spacial score (nSPS) is 14.6. The van der Waals surface area contributed by atoms with Gasteiger partial charge in [0, 0.05) is 22.5 Å². The van der Waals surface area contributed by atoms with E-state index in [4.69, 9.17) is 11.5 Å². The molecule has 16 heteroatoms. The molecule has 0 spiro atoms. The number of alkyl halides is 12. The lowest BCUT2D eigenvalue weighted by Crippen LogP contribution is -2.54. The van der Waals surface area contributed by atoms with E-state index in [-0.39, 0.29) is 22.9 Å². The van der Waals surface area contributed by atoms with Crippen LogP contribution in [0.1, 0.15) is 11.1 Å². The molecule has 3 aromatic carbocycles. The Morgan fingerprint density at radius 2 is 0.639 bits per heavy atom. The molecule has 0 aliphatic carbocycles. The summed E-state index contributed by atoms with van der Waals surface area (Å²) in [5.74, 6) is 0. The average molecular weight is 540 g/mol. The molecule has 0 radical (unpaired) electrons. The van der Waals surface area contributed by atoms with Crippen LogP contribution in [0.4, 0.5) is 64.1 Å². The second kappa shape index (κ2) is 7.68. The van der Waals surface area contributed by atoms with E-state index in [2.05, 4.69) is 0 Å². The Balaban J connectivity index is 2.39. The monoisotopic (exact) mass is 540 g/mol. The number of fused-ring (bicyclic) bond motifs is 2. The zero-order valence-corrected chi connectivity index (χ0v) is 17.0. The third kappa shape index (κ3) is 3.82. The first-order chi connectivity index (χ1) is 16.0. The molecular weight excluding hydrogens is 528 g/mol. The van der Waals surface area contributed by atoms with Gasteiger partial charge in [-0.25, -0.2) is 0 Å². The van der Waals surface area contributed by atoms with Gasteiger partial charge in [-0.3, -0.25) is 0 Å². The highest BCUT2D eigenvalue weighted by molar-refractivity contribution is 6.01. The first kappa shape index (κ1) is 27.4. The highest BCUT2D eigenvalue weighted by Crippen LogP contribution is 2.54. The van der Waals surface area contributed by atoms with Crippen molar-refractivity contribution in [2.24, 2.45) is 0 Å².